The maximum absolute atomic E-state index is 13.3. The second-order valence-electron chi connectivity index (χ2n) is 10.4. The minimum atomic E-state index is -0.662. The maximum atomic E-state index is 13.3. The Kier molecular flexibility index (Phi) is 7.78. The minimum Gasteiger partial charge on any atom is -0.444 e. The van der Waals surface area contributed by atoms with Gasteiger partial charge in [0, 0.05) is 33.6 Å². The summed E-state index contributed by atoms with van der Waals surface area (Å²) in [6.45, 7) is 6.34. The van der Waals surface area contributed by atoms with Crippen LogP contribution in [0.3, 0.4) is 0 Å². The molecule has 0 aliphatic carbocycles. The topological polar surface area (TPSA) is 87.7 Å². The Balaban J connectivity index is 1.31. The number of fused-ring (bicyclic) bond motifs is 1. The van der Waals surface area contributed by atoms with E-state index in [9.17, 15) is 14.4 Å². The lowest BCUT2D eigenvalue weighted by Gasteiger charge is -2.21. The van der Waals surface area contributed by atoms with Crippen LogP contribution in [-0.2, 0) is 17.8 Å². The summed E-state index contributed by atoms with van der Waals surface area (Å²) in [4.78, 5) is 41.4. The van der Waals surface area contributed by atoms with Crippen molar-refractivity contribution < 1.29 is 19.1 Å². The fourth-order valence-corrected chi connectivity index (χ4v) is 5.64. The van der Waals surface area contributed by atoms with Gasteiger partial charge in [0.1, 0.15) is 5.60 Å². The van der Waals surface area contributed by atoms with Crippen LogP contribution in [0.1, 0.15) is 52.6 Å². The number of nitrogens with zero attached hydrogens (tertiary/aromatic N) is 1. The summed E-state index contributed by atoms with van der Waals surface area (Å²) in [6, 6.07) is 22.2. The van der Waals surface area contributed by atoms with E-state index in [1.54, 1.807) is 55.2 Å². The van der Waals surface area contributed by atoms with Crippen molar-refractivity contribution in [1.82, 2.24) is 4.90 Å². The summed E-state index contributed by atoms with van der Waals surface area (Å²) in [5.41, 5.74) is 4.21. The zero-order chi connectivity index (χ0) is 28.4. The molecule has 3 amide bonds. The Morgan fingerprint density at radius 1 is 0.975 bits per heavy atom. The molecule has 0 unspecified atom stereocenters. The Hall–Kier alpha value is -3.95. The number of carbonyl (C=O) groups excluding carboxylic acids is 3. The van der Waals surface area contributed by atoms with Gasteiger partial charge in [0.15, 0.2) is 0 Å². The first kappa shape index (κ1) is 27.6. The molecule has 9 heteroatoms. The third-order valence-corrected chi connectivity index (χ3v) is 7.95. The molecule has 0 spiro atoms. The largest absolute Gasteiger partial charge is 0.444 e. The molecule has 1 aliphatic rings. The van der Waals surface area contributed by atoms with Gasteiger partial charge >= 0.3 is 6.09 Å². The van der Waals surface area contributed by atoms with Gasteiger partial charge in [-0.2, -0.15) is 0 Å². The highest BCUT2D eigenvalue weighted by Gasteiger charge is 2.28. The molecule has 5 rings (SSSR count). The summed E-state index contributed by atoms with van der Waals surface area (Å²) >= 11 is 5.12. The lowest BCUT2D eigenvalue weighted by molar-refractivity contribution is 0.0635. The molecule has 1 aromatic heterocycles. The van der Waals surface area contributed by atoms with E-state index in [-0.39, 0.29) is 11.8 Å². The van der Waals surface area contributed by atoms with Crippen LogP contribution in [0.5, 0.6) is 0 Å². The molecule has 0 saturated heterocycles. The highest BCUT2D eigenvalue weighted by molar-refractivity contribution is 9.10. The van der Waals surface area contributed by atoms with Crippen LogP contribution in [0.2, 0.25) is 0 Å². The van der Waals surface area contributed by atoms with Crippen LogP contribution in [0, 0.1) is 0 Å². The molecular formula is C31H28BrN3O4S. The lowest BCUT2D eigenvalue weighted by atomic mass is 10.1. The van der Waals surface area contributed by atoms with Crippen molar-refractivity contribution in [3.05, 3.63) is 105 Å². The van der Waals surface area contributed by atoms with Crippen molar-refractivity contribution in [3.63, 3.8) is 0 Å². The first-order valence-corrected chi connectivity index (χ1v) is 14.4. The van der Waals surface area contributed by atoms with Gasteiger partial charge in [-0.05, 0) is 85.3 Å². The van der Waals surface area contributed by atoms with Crippen molar-refractivity contribution in [2.24, 2.45) is 0 Å². The number of rotatable bonds is 6. The number of thiophene rings is 1. The van der Waals surface area contributed by atoms with Gasteiger partial charge < -0.3 is 15.0 Å². The Bertz CT molecular complexity index is 1580. The highest BCUT2D eigenvalue weighted by Crippen LogP contribution is 2.33. The van der Waals surface area contributed by atoms with E-state index in [0.29, 0.717) is 35.6 Å². The Morgan fingerprint density at radius 2 is 1.75 bits per heavy atom. The minimum absolute atomic E-state index is 0.00578. The number of halogens is 1. The monoisotopic (exact) mass is 617 g/mol. The third-order valence-electron chi connectivity index (χ3n) is 6.28. The predicted octanol–water partition coefficient (Wildman–Crippen LogP) is 7.93. The SMILES string of the molecule is CC(C)(C)OC(=O)Nc1ccc(-c2cccs2)cc1NC(=O)c1ccc(CN2Cc3c(Br)cccc3C2=O)cc1. The standard InChI is InChI=1S/C31H28BrN3O4S/c1-31(2,3)39-30(38)34-25-14-13-21(27-8-5-15-40-27)16-26(25)33-28(36)20-11-9-19(10-12-20)17-35-18-23-22(29(35)37)6-4-7-24(23)32/h4-16H,17-18H2,1-3H3,(H,33,36)(H,34,38). The van der Waals surface area contributed by atoms with Crippen molar-refractivity contribution in [2.45, 2.75) is 39.5 Å². The molecular weight excluding hydrogens is 590 g/mol. The zero-order valence-electron chi connectivity index (χ0n) is 22.3. The van der Waals surface area contributed by atoms with Crippen molar-refractivity contribution in [3.8, 4) is 10.4 Å². The van der Waals surface area contributed by atoms with E-state index in [2.05, 4.69) is 26.6 Å². The molecule has 7 nitrogen and oxygen atoms in total. The number of hydrogen-bond donors (Lipinski definition) is 2. The van der Waals surface area contributed by atoms with Crippen LogP contribution in [0.25, 0.3) is 10.4 Å². The van der Waals surface area contributed by atoms with Gasteiger partial charge in [-0.3, -0.25) is 14.9 Å². The van der Waals surface area contributed by atoms with Crippen LogP contribution >= 0.6 is 27.3 Å². The molecule has 2 heterocycles. The number of amides is 3. The van der Waals surface area contributed by atoms with E-state index < -0.39 is 11.7 Å². The summed E-state index contributed by atoms with van der Waals surface area (Å²) < 4.78 is 6.33. The van der Waals surface area contributed by atoms with Crippen LogP contribution in [0.15, 0.2) is 82.6 Å². The maximum Gasteiger partial charge on any atom is 0.412 e. The molecule has 4 aromatic rings. The summed E-state index contributed by atoms with van der Waals surface area (Å²) in [7, 11) is 0. The third kappa shape index (κ3) is 6.26. The van der Waals surface area contributed by atoms with E-state index >= 15 is 0 Å². The lowest BCUT2D eigenvalue weighted by Crippen LogP contribution is -2.27. The summed E-state index contributed by atoms with van der Waals surface area (Å²) in [5.74, 6) is -0.329. The molecule has 0 bridgehead atoms. The molecule has 0 radical (unpaired) electrons. The molecule has 1 aliphatic heterocycles. The Labute approximate surface area is 245 Å². The average molecular weight is 619 g/mol. The van der Waals surface area contributed by atoms with Crippen LogP contribution in [-0.4, -0.2) is 28.4 Å². The van der Waals surface area contributed by atoms with E-state index in [0.717, 1.165) is 26.0 Å². The van der Waals surface area contributed by atoms with Crippen LogP contribution in [0.4, 0.5) is 16.2 Å². The van der Waals surface area contributed by atoms with Crippen LogP contribution < -0.4 is 10.6 Å². The van der Waals surface area contributed by atoms with Crippen molar-refractivity contribution in [2.75, 3.05) is 10.6 Å². The van der Waals surface area contributed by atoms with Crippen molar-refractivity contribution in [1.29, 1.82) is 0 Å². The van der Waals surface area contributed by atoms with E-state index in [4.69, 9.17) is 4.74 Å². The first-order chi connectivity index (χ1) is 19.1. The quantitative estimate of drug-likeness (QED) is 0.230. The van der Waals surface area contributed by atoms with Gasteiger partial charge in [0.25, 0.3) is 11.8 Å². The van der Waals surface area contributed by atoms with E-state index in [1.807, 2.05) is 60.0 Å². The normalized spacial score (nSPS) is 12.7. The zero-order valence-corrected chi connectivity index (χ0v) is 24.7. The number of ether oxygens (including phenoxy) is 1. The first-order valence-electron chi connectivity index (χ1n) is 12.7. The smallest absolute Gasteiger partial charge is 0.412 e. The van der Waals surface area contributed by atoms with Gasteiger partial charge in [0.2, 0.25) is 0 Å². The highest BCUT2D eigenvalue weighted by atomic mass is 79.9. The number of benzene rings is 3. The fraction of sp³-hybridized carbons (Fsp3) is 0.194. The second kappa shape index (κ2) is 11.3. The van der Waals surface area contributed by atoms with Gasteiger partial charge in [-0.25, -0.2) is 4.79 Å². The Morgan fingerprint density at radius 3 is 2.42 bits per heavy atom. The van der Waals surface area contributed by atoms with Crippen molar-refractivity contribution >= 4 is 56.5 Å². The number of hydrogen-bond acceptors (Lipinski definition) is 5. The number of anilines is 2. The van der Waals surface area contributed by atoms with E-state index in [1.165, 1.54) is 0 Å². The fourth-order valence-electron chi connectivity index (χ4n) is 4.42. The second-order valence-corrected chi connectivity index (χ2v) is 12.2. The predicted molar refractivity (Wildman–Crippen MR) is 162 cm³/mol. The number of nitrogens with one attached hydrogen (secondary N) is 2. The molecule has 0 atom stereocenters. The molecule has 3 aromatic carbocycles. The number of carbonyl (C=O) groups is 3. The average Bonchev–Trinajstić information content (AvgIpc) is 3.54. The summed E-state index contributed by atoms with van der Waals surface area (Å²) in [6.07, 6.45) is -0.609. The summed E-state index contributed by atoms with van der Waals surface area (Å²) in [5, 5.41) is 7.67. The molecule has 40 heavy (non-hydrogen) atoms. The molecule has 2 N–H and O–H groups in total. The molecule has 0 saturated carbocycles. The molecule has 0 fully saturated rings. The van der Waals surface area contributed by atoms with Gasteiger partial charge in [-0.15, -0.1) is 11.3 Å². The van der Waals surface area contributed by atoms with Gasteiger partial charge in [0.05, 0.1) is 11.4 Å². The van der Waals surface area contributed by atoms with Gasteiger partial charge in [-0.1, -0.05) is 46.3 Å². The molecule has 204 valence electrons.